The summed E-state index contributed by atoms with van der Waals surface area (Å²) in [6.07, 6.45) is 0. The highest BCUT2D eigenvalue weighted by molar-refractivity contribution is 7.17. The van der Waals surface area contributed by atoms with E-state index in [1.54, 1.807) is 39.8 Å². The molecule has 0 aliphatic carbocycles. The first-order valence-corrected chi connectivity index (χ1v) is 12.8. The average molecular weight is 563 g/mol. The molecule has 2 heterocycles. The van der Waals surface area contributed by atoms with Gasteiger partial charge in [0.15, 0.2) is 5.82 Å². The number of rotatable bonds is 13. The van der Waals surface area contributed by atoms with Gasteiger partial charge in [-0.1, -0.05) is 13.2 Å². The largest absolute Gasteiger partial charge is 0.460 e. The van der Waals surface area contributed by atoms with Crippen LogP contribution in [0.15, 0.2) is 24.3 Å². The number of carbonyl (C=O) groups is 2. The molecular formula is C27H30N8O4S. The van der Waals surface area contributed by atoms with Crippen LogP contribution in [0.1, 0.15) is 41.0 Å². The maximum atomic E-state index is 11.8. The molecule has 3 N–H and O–H groups in total. The number of nitriles is 3. The van der Waals surface area contributed by atoms with Crippen LogP contribution in [0.5, 0.6) is 0 Å². The number of nitrogens with zero attached hydrogens (tertiary/aromatic N) is 5. The minimum atomic E-state index is -0.527. The minimum absolute atomic E-state index is 0.0238. The molecule has 0 aromatic carbocycles. The molecule has 12 nitrogen and oxygen atoms in total. The third kappa shape index (κ3) is 7.50. The third-order valence-corrected chi connectivity index (χ3v) is 6.54. The average Bonchev–Trinajstić information content (AvgIpc) is 3.21. The molecule has 0 atom stereocenters. The molecule has 13 heteroatoms. The van der Waals surface area contributed by atoms with E-state index in [4.69, 9.17) is 9.47 Å². The summed E-state index contributed by atoms with van der Waals surface area (Å²) < 4.78 is 10.3. The number of hydrogen-bond donors (Lipinski definition) is 3. The summed E-state index contributed by atoms with van der Waals surface area (Å²) in [6, 6.07) is 6.37. The smallest absolute Gasteiger partial charge is 0.333 e. The van der Waals surface area contributed by atoms with Crippen molar-refractivity contribution in [2.75, 3.05) is 54.4 Å². The normalized spacial score (nSPS) is 9.85. The van der Waals surface area contributed by atoms with Crippen molar-refractivity contribution in [2.45, 2.75) is 27.7 Å². The van der Waals surface area contributed by atoms with Crippen molar-refractivity contribution in [1.29, 1.82) is 15.8 Å². The molecular weight excluding hydrogens is 532 g/mol. The lowest BCUT2D eigenvalue weighted by atomic mass is 10.1. The van der Waals surface area contributed by atoms with E-state index >= 15 is 0 Å². The van der Waals surface area contributed by atoms with Crippen molar-refractivity contribution in [3.8, 4) is 18.2 Å². The standard InChI is InChI=1S/C27H30N8O4S/c1-15(2)26(36)38-10-8-31-23-19(12-28)18(6)22(24(33-23)32-9-11-39-27(37)16(3)4)35(7)34-25-20(13-29)17(5)21(14-30)40-25/h34H,1,3,8-11H2,2,4-7H3,(H2,31,32,33). The fraction of sp³-hybridized carbons (Fsp3) is 0.333. The van der Waals surface area contributed by atoms with Gasteiger partial charge in [-0.15, -0.1) is 11.3 Å². The fourth-order valence-electron chi connectivity index (χ4n) is 3.41. The maximum absolute atomic E-state index is 11.8. The van der Waals surface area contributed by atoms with Crippen LogP contribution in [-0.2, 0) is 19.1 Å². The number of carbonyl (C=O) groups excluding carboxylic acids is 2. The summed E-state index contributed by atoms with van der Waals surface area (Å²) in [4.78, 5) is 28.4. The number of hydrogen-bond acceptors (Lipinski definition) is 13. The van der Waals surface area contributed by atoms with Crippen molar-refractivity contribution < 1.29 is 19.1 Å². The van der Waals surface area contributed by atoms with Crippen LogP contribution in [0.2, 0.25) is 0 Å². The predicted molar refractivity (Wildman–Crippen MR) is 153 cm³/mol. The van der Waals surface area contributed by atoms with Gasteiger partial charge in [-0.2, -0.15) is 15.8 Å². The Morgan fingerprint density at radius 1 is 0.900 bits per heavy atom. The summed E-state index contributed by atoms with van der Waals surface area (Å²) in [5.41, 5.74) is 5.85. The van der Waals surface area contributed by atoms with Crippen molar-refractivity contribution in [3.05, 3.63) is 51.4 Å². The van der Waals surface area contributed by atoms with Crippen LogP contribution in [0, 0.1) is 47.8 Å². The molecule has 0 bridgehead atoms. The predicted octanol–water partition coefficient (Wildman–Crippen LogP) is 3.90. The molecule has 208 valence electrons. The zero-order valence-electron chi connectivity index (χ0n) is 23.0. The van der Waals surface area contributed by atoms with E-state index in [9.17, 15) is 25.4 Å². The Balaban J connectivity index is 2.42. The molecule has 0 unspecified atom stereocenters. The van der Waals surface area contributed by atoms with E-state index in [1.165, 1.54) is 0 Å². The summed E-state index contributed by atoms with van der Waals surface area (Å²) in [6.45, 7) is 14.0. The molecule has 0 aliphatic heterocycles. The van der Waals surface area contributed by atoms with Gasteiger partial charge < -0.3 is 20.1 Å². The first-order valence-electron chi connectivity index (χ1n) is 12.0. The molecule has 2 rings (SSSR count). The van der Waals surface area contributed by atoms with Gasteiger partial charge in [0, 0.05) is 18.2 Å². The first kappa shape index (κ1) is 31.2. The Morgan fingerprint density at radius 3 is 1.90 bits per heavy atom. The van der Waals surface area contributed by atoms with Gasteiger partial charge in [-0.05, 0) is 38.8 Å². The zero-order valence-corrected chi connectivity index (χ0v) is 23.8. The Hall–Kier alpha value is -5.06. The van der Waals surface area contributed by atoms with Crippen molar-refractivity contribution in [1.82, 2.24) is 4.98 Å². The van der Waals surface area contributed by atoms with E-state index in [1.807, 2.05) is 0 Å². The van der Waals surface area contributed by atoms with Gasteiger partial charge in [-0.25, -0.2) is 14.6 Å². The maximum Gasteiger partial charge on any atom is 0.333 e. The van der Waals surface area contributed by atoms with Crippen LogP contribution in [0.4, 0.5) is 22.3 Å². The molecule has 0 aliphatic rings. The van der Waals surface area contributed by atoms with Gasteiger partial charge >= 0.3 is 11.9 Å². The number of anilines is 4. The Labute approximate surface area is 237 Å². The molecule has 0 saturated carbocycles. The Kier molecular flexibility index (Phi) is 11.1. The van der Waals surface area contributed by atoms with Gasteiger partial charge in [0.1, 0.15) is 52.8 Å². The third-order valence-electron chi connectivity index (χ3n) is 5.44. The molecule has 2 aromatic heterocycles. The lowest BCUT2D eigenvalue weighted by Crippen LogP contribution is -2.28. The number of nitrogens with one attached hydrogen (secondary N) is 3. The SMILES string of the molecule is C=C(C)C(=O)OCCNc1nc(NCCOC(=O)C(=C)C)c(N(C)Nc2sc(C#N)c(C)c2C#N)c(C)c1C#N. The zero-order chi connectivity index (χ0) is 30.0. The van der Waals surface area contributed by atoms with Crippen molar-refractivity contribution >= 4 is 45.6 Å². The van der Waals surface area contributed by atoms with Gasteiger partial charge in [0.25, 0.3) is 0 Å². The van der Waals surface area contributed by atoms with Crippen LogP contribution in [-0.4, -0.2) is 50.3 Å². The minimum Gasteiger partial charge on any atom is -0.460 e. The van der Waals surface area contributed by atoms with E-state index in [0.717, 1.165) is 11.3 Å². The van der Waals surface area contributed by atoms with E-state index < -0.39 is 11.9 Å². The second kappa shape index (κ2) is 14.2. The highest BCUT2D eigenvalue weighted by Crippen LogP contribution is 2.37. The molecule has 0 saturated heterocycles. The first-order chi connectivity index (χ1) is 19.0. The highest BCUT2D eigenvalue weighted by atomic mass is 32.1. The van der Waals surface area contributed by atoms with E-state index in [0.29, 0.717) is 38.1 Å². The van der Waals surface area contributed by atoms with Crippen LogP contribution < -0.4 is 21.1 Å². The van der Waals surface area contributed by atoms with Crippen LogP contribution in [0.25, 0.3) is 0 Å². The lowest BCUT2D eigenvalue weighted by Gasteiger charge is -2.27. The lowest BCUT2D eigenvalue weighted by molar-refractivity contribution is -0.139. The van der Waals surface area contributed by atoms with Crippen LogP contribution in [0.3, 0.4) is 0 Å². The number of thiophene rings is 1. The fourth-order valence-corrected chi connectivity index (χ4v) is 4.40. The molecule has 0 spiro atoms. The summed E-state index contributed by atoms with van der Waals surface area (Å²) in [5, 5.41) is 37.2. The Bertz CT molecular complexity index is 1460. The molecule has 0 amide bonds. The monoisotopic (exact) mass is 562 g/mol. The number of ether oxygens (including phenoxy) is 2. The number of esters is 2. The van der Waals surface area contributed by atoms with Crippen molar-refractivity contribution in [2.24, 2.45) is 0 Å². The van der Waals surface area contributed by atoms with Gasteiger partial charge in [-0.3, -0.25) is 10.4 Å². The second-order valence-electron chi connectivity index (χ2n) is 8.61. The van der Waals surface area contributed by atoms with Gasteiger partial charge in [0.05, 0.1) is 24.2 Å². The van der Waals surface area contributed by atoms with Crippen molar-refractivity contribution in [3.63, 3.8) is 0 Å². The number of pyridine rings is 1. The van der Waals surface area contributed by atoms with Gasteiger partial charge in [0.2, 0.25) is 0 Å². The summed E-state index contributed by atoms with van der Waals surface area (Å²) in [5.74, 6) is -0.462. The van der Waals surface area contributed by atoms with Crippen LogP contribution >= 0.6 is 11.3 Å². The Morgan fingerprint density at radius 2 is 1.43 bits per heavy atom. The number of aromatic nitrogens is 1. The molecule has 2 aromatic rings. The molecule has 0 radical (unpaired) electrons. The highest BCUT2D eigenvalue weighted by Gasteiger charge is 2.23. The summed E-state index contributed by atoms with van der Waals surface area (Å²) in [7, 11) is 1.68. The van der Waals surface area contributed by atoms with E-state index in [-0.39, 0.29) is 48.8 Å². The van der Waals surface area contributed by atoms with E-state index in [2.05, 4.69) is 52.4 Å². The molecule has 0 fully saturated rings. The quantitative estimate of drug-likeness (QED) is 0.139. The second-order valence-corrected chi connectivity index (χ2v) is 9.63. The molecule has 40 heavy (non-hydrogen) atoms. The number of hydrazine groups is 1. The summed E-state index contributed by atoms with van der Waals surface area (Å²) >= 11 is 1.14. The topological polar surface area (TPSA) is 176 Å².